The third kappa shape index (κ3) is 4.25. The van der Waals surface area contributed by atoms with Crippen LogP contribution in [0, 0.1) is 5.82 Å². The molecule has 1 aliphatic heterocycles. The van der Waals surface area contributed by atoms with Gasteiger partial charge in [-0.3, -0.25) is 14.4 Å². The van der Waals surface area contributed by atoms with Crippen molar-refractivity contribution in [2.24, 2.45) is 0 Å². The molecule has 0 bridgehead atoms. The maximum atomic E-state index is 13.8. The Morgan fingerprint density at radius 1 is 1.30 bits per heavy atom. The summed E-state index contributed by atoms with van der Waals surface area (Å²) >= 11 is 5.67. The smallest absolute Gasteiger partial charge is 0.305 e. The normalized spacial score (nSPS) is 16.8. The zero-order valence-electron chi connectivity index (χ0n) is 14.0. The molecular formula is C19H16ClFN2O4. The minimum Gasteiger partial charge on any atom is -0.481 e. The van der Waals surface area contributed by atoms with Crippen molar-refractivity contribution in [3.05, 3.63) is 64.4 Å². The number of para-hydroxylation sites is 1. The number of benzene rings is 2. The Morgan fingerprint density at radius 3 is 2.74 bits per heavy atom. The molecule has 140 valence electrons. The van der Waals surface area contributed by atoms with E-state index in [-0.39, 0.29) is 22.9 Å². The highest BCUT2D eigenvalue weighted by Gasteiger charge is 2.32. The summed E-state index contributed by atoms with van der Waals surface area (Å²) in [6, 6.07) is 9.81. The number of fused-ring (bicyclic) bond motifs is 1. The Bertz CT molecular complexity index is 918. The molecule has 1 heterocycles. The van der Waals surface area contributed by atoms with Gasteiger partial charge < -0.3 is 15.7 Å². The summed E-state index contributed by atoms with van der Waals surface area (Å²) in [5.41, 5.74) is 1.47. The van der Waals surface area contributed by atoms with Crippen molar-refractivity contribution in [1.29, 1.82) is 0 Å². The number of amides is 2. The lowest BCUT2D eigenvalue weighted by Crippen LogP contribution is -2.37. The molecule has 0 saturated heterocycles. The van der Waals surface area contributed by atoms with Gasteiger partial charge in [-0.25, -0.2) is 4.39 Å². The fourth-order valence-electron chi connectivity index (χ4n) is 3.07. The van der Waals surface area contributed by atoms with Gasteiger partial charge in [-0.2, -0.15) is 0 Å². The quantitative estimate of drug-likeness (QED) is 0.730. The number of halogens is 2. The Balaban J connectivity index is 1.87. The molecule has 0 saturated carbocycles. The van der Waals surface area contributed by atoms with Crippen LogP contribution in [0.1, 0.15) is 35.9 Å². The number of carboxylic acids is 1. The van der Waals surface area contributed by atoms with Crippen LogP contribution in [0.2, 0.25) is 5.02 Å². The van der Waals surface area contributed by atoms with Gasteiger partial charge in [0.15, 0.2) is 0 Å². The summed E-state index contributed by atoms with van der Waals surface area (Å²) in [7, 11) is 0. The summed E-state index contributed by atoms with van der Waals surface area (Å²) in [4.78, 5) is 35.9. The summed E-state index contributed by atoms with van der Waals surface area (Å²) in [5, 5.41) is 14.4. The van der Waals surface area contributed by atoms with Crippen LogP contribution >= 0.6 is 11.6 Å². The first kappa shape index (κ1) is 18.8. The first-order valence-corrected chi connectivity index (χ1v) is 8.59. The van der Waals surface area contributed by atoms with Crippen LogP contribution in [0.25, 0.3) is 0 Å². The lowest BCUT2D eigenvalue weighted by atomic mass is 9.89. The maximum Gasteiger partial charge on any atom is 0.305 e. The largest absolute Gasteiger partial charge is 0.481 e. The second kappa shape index (κ2) is 7.75. The number of hydrogen-bond donors (Lipinski definition) is 3. The molecule has 2 atom stereocenters. The molecule has 0 aromatic heterocycles. The van der Waals surface area contributed by atoms with Crippen LogP contribution in [0.15, 0.2) is 42.5 Å². The number of anilines is 1. The van der Waals surface area contributed by atoms with E-state index in [1.807, 2.05) is 0 Å². The topological polar surface area (TPSA) is 95.5 Å². The molecule has 27 heavy (non-hydrogen) atoms. The van der Waals surface area contributed by atoms with Gasteiger partial charge in [-0.1, -0.05) is 35.9 Å². The monoisotopic (exact) mass is 390 g/mol. The number of carbonyl (C=O) groups excluding carboxylic acids is 2. The van der Waals surface area contributed by atoms with Gasteiger partial charge in [0.1, 0.15) is 5.82 Å². The standard InChI is InChI=1S/C19H16ClFN2O4/c20-13-6-5-10(7-14(13)21)16(9-18(25)26)23-19(27)12-8-17(24)22-15-4-2-1-3-11(12)15/h1-7,12,16H,8-9H2,(H,22,24)(H,23,27)(H,25,26)/t12-,16+/m1/s1. The first-order chi connectivity index (χ1) is 12.8. The Morgan fingerprint density at radius 2 is 2.04 bits per heavy atom. The molecule has 2 amide bonds. The third-order valence-corrected chi connectivity index (χ3v) is 4.66. The minimum atomic E-state index is -1.16. The number of hydrogen-bond acceptors (Lipinski definition) is 3. The molecule has 0 spiro atoms. The lowest BCUT2D eigenvalue weighted by molar-refractivity contribution is -0.138. The van der Waals surface area contributed by atoms with E-state index in [9.17, 15) is 18.8 Å². The van der Waals surface area contributed by atoms with Gasteiger partial charge in [-0.15, -0.1) is 0 Å². The Hall–Kier alpha value is -2.93. The zero-order valence-corrected chi connectivity index (χ0v) is 14.8. The number of nitrogens with one attached hydrogen (secondary N) is 2. The highest BCUT2D eigenvalue weighted by atomic mass is 35.5. The molecular weight excluding hydrogens is 375 g/mol. The second-order valence-electron chi connectivity index (χ2n) is 6.22. The SMILES string of the molecule is O=C(O)C[C@H](NC(=O)[C@@H]1CC(=O)Nc2ccccc21)c1ccc(Cl)c(F)c1. The van der Waals surface area contributed by atoms with Crippen LogP contribution < -0.4 is 10.6 Å². The van der Waals surface area contributed by atoms with Crippen molar-refractivity contribution in [2.75, 3.05) is 5.32 Å². The molecule has 0 radical (unpaired) electrons. The number of carbonyl (C=O) groups is 3. The van der Waals surface area contributed by atoms with Crippen molar-refractivity contribution in [3.8, 4) is 0 Å². The second-order valence-corrected chi connectivity index (χ2v) is 6.63. The van der Waals surface area contributed by atoms with E-state index in [1.54, 1.807) is 24.3 Å². The van der Waals surface area contributed by atoms with E-state index in [4.69, 9.17) is 16.7 Å². The van der Waals surface area contributed by atoms with Crippen LogP contribution in [0.3, 0.4) is 0 Å². The van der Waals surface area contributed by atoms with Crippen molar-refractivity contribution in [1.82, 2.24) is 5.32 Å². The van der Waals surface area contributed by atoms with Gasteiger partial charge in [0, 0.05) is 12.1 Å². The summed E-state index contributed by atoms with van der Waals surface area (Å²) in [6.45, 7) is 0. The molecule has 3 N–H and O–H groups in total. The van der Waals surface area contributed by atoms with Crippen molar-refractivity contribution in [3.63, 3.8) is 0 Å². The molecule has 0 unspecified atom stereocenters. The van der Waals surface area contributed by atoms with Gasteiger partial charge in [0.25, 0.3) is 0 Å². The molecule has 2 aromatic carbocycles. The maximum absolute atomic E-state index is 13.8. The van der Waals surface area contributed by atoms with Crippen molar-refractivity contribution in [2.45, 2.75) is 24.8 Å². The van der Waals surface area contributed by atoms with E-state index in [0.29, 0.717) is 11.3 Å². The number of aliphatic carboxylic acids is 1. The van der Waals surface area contributed by atoms with Crippen LogP contribution in [0.4, 0.5) is 10.1 Å². The van der Waals surface area contributed by atoms with E-state index >= 15 is 0 Å². The molecule has 3 rings (SSSR count). The van der Waals surface area contributed by atoms with Gasteiger partial charge in [0.2, 0.25) is 11.8 Å². The molecule has 0 aliphatic carbocycles. The Kier molecular flexibility index (Phi) is 5.41. The van der Waals surface area contributed by atoms with Crippen LogP contribution in [0.5, 0.6) is 0 Å². The molecule has 0 fully saturated rings. The summed E-state index contributed by atoms with van der Waals surface area (Å²) in [5.74, 6) is -3.43. The third-order valence-electron chi connectivity index (χ3n) is 4.36. The van der Waals surface area contributed by atoms with E-state index in [0.717, 1.165) is 6.07 Å². The van der Waals surface area contributed by atoms with Gasteiger partial charge >= 0.3 is 5.97 Å². The first-order valence-electron chi connectivity index (χ1n) is 8.21. The Labute approximate surface area is 159 Å². The van der Waals surface area contributed by atoms with E-state index in [2.05, 4.69) is 10.6 Å². The molecule has 8 heteroatoms. The van der Waals surface area contributed by atoms with Gasteiger partial charge in [0.05, 0.1) is 23.4 Å². The average Bonchev–Trinajstić information content (AvgIpc) is 2.62. The zero-order chi connectivity index (χ0) is 19.6. The lowest BCUT2D eigenvalue weighted by Gasteiger charge is -2.27. The predicted molar refractivity (Wildman–Crippen MR) is 97.0 cm³/mol. The number of rotatable bonds is 5. The predicted octanol–water partition coefficient (Wildman–Crippen LogP) is 3.24. The minimum absolute atomic E-state index is 0.0579. The van der Waals surface area contributed by atoms with Crippen molar-refractivity contribution < 1.29 is 23.9 Å². The average molecular weight is 391 g/mol. The highest BCUT2D eigenvalue weighted by molar-refractivity contribution is 6.30. The van der Waals surface area contributed by atoms with E-state index in [1.165, 1.54) is 12.1 Å². The van der Waals surface area contributed by atoms with Crippen molar-refractivity contribution >= 4 is 35.1 Å². The molecule has 1 aliphatic rings. The van der Waals surface area contributed by atoms with Gasteiger partial charge in [-0.05, 0) is 29.3 Å². The van der Waals surface area contributed by atoms with Crippen LogP contribution in [-0.2, 0) is 14.4 Å². The molecule has 6 nitrogen and oxygen atoms in total. The van der Waals surface area contributed by atoms with E-state index < -0.39 is 36.1 Å². The fraction of sp³-hybridized carbons (Fsp3) is 0.211. The fourth-order valence-corrected chi connectivity index (χ4v) is 3.19. The summed E-state index contributed by atoms with van der Waals surface area (Å²) in [6.07, 6.45) is -0.495. The number of carboxylic acid groups (broad SMARTS) is 1. The van der Waals surface area contributed by atoms with Crippen LogP contribution in [-0.4, -0.2) is 22.9 Å². The molecule has 2 aromatic rings. The summed E-state index contributed by atoms with van der Waals surface area (Å²) < 4.78 is 13.8. The highest BCUT2D eigenvalue weighted by Crippen LogP contribution is 2.33.